The maximum absolute atomic E-state index is 12.4. The minimum atomic E-state index is 0.0678. The highest BCUT2D eigenvalue weighted by Gasteiger charge is 2.15. The minimum Gasteiger partial charge on any atom is -0.493 e. The average molecular weight is 384 g/mol. The smallest absolute Gasteiger partial charge is 0.222 e. The highest BCUT2D eigenvalue weighted by atomic mass is 35.5. The van der Waals surface area contributed by atoms with Gasteiger partial charge in [-0.2, -0.15) is 0 Å². The Balaban J connectivity index is 2.01. The van der Waals surface area contributed by atoms with Crippen molar-refractivity contribution in [3.05, 3.63) is 39.0 Å². The zero-order chi connectivity index (χ0) is 18.4. The second-order valence-corrected chi connectivity index (χ2v) is 7.29. The van der Waals surface area contributed by atoms with Gasteiger partial charge < -0.3 is 19.1 Å². The first-order chi connectivity index (χ1) is 12.0. The third kappa shape index (κ3) is 5.03. The third-order valence-corrected chi connectivity index (χ3v) is 5.02. The minimum absolute atomic E-state index is 0.0678. The summed E-state index contributed by atoms with van der Waals surface area (Å²) >= 11 is 7.41. The summed E-state index contributed by atoms with van der Waals surface area (Å²) in [4.78, 5) is 15.1. The van der Waals surface area contributed by atoms with Gasteiger partial charge in [-0.05, 0) is 36.2 Å². The molecule has 0 unspecified atom stereocenters. The zero-order valence-corrected chi connectivity index (χ0v) is 16.4. The van der Waals surface area contributed by atoms with Crippen molar-refractivity contribution in [1.29, 1.82) is 0 Å². The Morgan fingerprint density at radius 2 is 1.76 bits per heavy atom. The van der Waals surface area contributed by atoms with Crippen molar-refractivity contribution < 1.29 is 19.0 Å². The summed E-state index contributed by atoms with van der Waals surface area (Å²) in [5, 5.41) is 0. The molecule has 0 spiro atoms. The number of nitrogens with zero attached hydrogens (tertiary/aromatic N) is 1. The van der Waals surface area contributed by atoms with E-state index in [2.05, 4.69) is 0 Å². The average Bonchev–Trinajstić information content (AvgIpc) is 3.03. The van der Waals surface area contributed by atoms with E-state index in [4.69, 9.17) is 25.8 Å². The Kier molecular flexibility index (Phi) is 6.96. The Bertz CT molecular complexity index is 707. The van der Waals surface area contributed by atoms with Crippen molar-refractivity contribution in [1.82, 2.24) is 4.90 Å². The topological polar surface area (TPSA) is 48.0 Å². The van der Waals surface area contributed by atoms with E-state index >= 15 is 0 Å². The predicted molar refractivity (Wildman–Crippen MR) is 100 cm³/mol. The maximum Gasteiger partial charge on any atom is 0.222 e. The highest BCUT2D eigenvalue weighted by Crippen LogP contribution is 2.38. The van der Waals surface area contributed by atoms with Crippen molar-refractivity contribution in [2.24, 2.45) is 0 Å². The molecule has 1 heterocycles. The largest absolute Gasteiger partial charge is 0.493 e. The van der Waals surface area contributed by atoms with Gasteiger partial charge in [-0.3, -0.25) is 4.79 Å². The summed E-state index contributed by atoms with van der Waals surface area (Å²) in [5.41, 5.74) is 0.954. The summed E-state index contributed by atoms with van der Waals surface area (Å²) in [6, 6.07) is 7.52. The van der Waals surface area contributed by atoms with Crippen LogP contribution in [0.15, 0.2) is 24.3 Å². The number of aryl methyl sites for hydroxylation is 1. The van der Waals surface area contributed by atoms with Gasteiger partial charge in [0.05, 0.1) is 32.2 Å². The third-order valence-electron chi connectivity index (χ3n) is 3.80. The Morgan fingerprint density at radius 3 is 2.24 bits per heavy atom. The lowest BCUT2D eigenvalue weighted by Gasteiger charge is -2.17. The first kappa shape index (κ1) is 19.4. The van der Waals surface area contributed by atoms with Crippen LogP contribution in [0.5, 0.6) is 17.2 Å². The van der Waals surface area contributed by atoms with Gasteiger partial charge in [0, 0.05) is 18.3 Å². The lowest BCUT2D eigenvalue weighted by molar-refractivity contribution is -0.130. The van der Waals surface area contributed by atoms with Gasteiger partial charge in [0.1, 0.15) is 0 Å². The zero-order valence-electron chi connectivity index (χ0n) is 14.8. The van der Waals surface area contributed by atoms with Gasteiger partial charge >= 0.3 is 0 Å². The first-order valence-corrected chi connectivity index (χ1v) is 8.95. The van der Waals surface area contributed by atoms with E-state index in [0.29, 0.717) is 36.6 Å². The molecule has 136 valence electrons. The van der Waals surface area contributed by atoms with Crippen LogP contribution in [0.2, 0.25) is 4.34 Å². The second kappa shape index (κ2) is 8.97. The molecule has 2 aromatic rings. The molecule has 0 radical (unpaired) electrons. The number of carbonyl (C=O) groups excluding carboxylic acids is 1. The number of amides is 1. The molecule has 0 aliphatic heterocycles. The first-order valence-electron chi connectivity index (χ1n) is 7.75. The number of ether oxygens (including phenoxy) is 3. The van der Waals surface area contributed by atoms with Crippen LogP contribution in [0.3, 0.4) is 0 Å². The molecule has 25 heavy (non-hydrogen) atoms. The van der Waals surface area contributed by atoms with Crippen molar-refractivity contribution in [2.75, 3.05) is 28.4 Å². The molecule has 1 aromatic carbocycles. The molecule has 0 saturated heterocycles. The van der Waals surface area contributed by atoms with E-state index in [1.807, 2.05) is 24.3 Å². The van der Waals surface area contributed by atoms with Crippen molar-refractivity contribution >= 4 is 28.8 Å². The number of carbonyl (C=O) groups is 1. The molecule has 2 rings (SSSR count). The standard InChI is InChI=1S/C18H22ClNO4S/c1-20(11-13-6-7-16(19)25-13)17(21)8-5-12-9-14(22-2)18(24-4)15(10-12)23-3/h6-7,9-10H,5,8,11H2,1-4H3. The van der Waals surface area contributed by atoms with E-state index < -0.39 is 0 Å². The summed E-state index contributed by atoms with van der Waals surface area (Å²) in [7, 11) is 6.51. The lowest BCUT2D eigenvalue weighted by Crippen LogP contribution is -2.25. The van der Waals surface area contributed by atoms with Gasteiger partial charge in [-0.25, -0.2) is 0 Å². The van der Waals surface area contributed by atoms with Gasteiger partial charge in [-0.1, -0.05) is 11.6 Å². The molecule has 0 saturated carbocycles. The quantitative estimate of drug-likeness (QED) is 0.690. The molecule has 0 atom stereocenters. The molecule has 7 heteroatoms. The van der Waals surface area contributed by atoms with Crippen molar-refractivity contribution in [2.45, 2.75) is 19.4 Å². The predicted octanol–water partition coefficient (Wildman–Crippen LogP) is 4.02. The number of thiophene rings is 1. The van der Waals surface area contributed by atoms with Gasteiger partial charge in [0.25, 0.3) is 0 Å². The summed E-state index contributed by atoms with van der Waals surface area (Å²) in [6.45, 7) is 0.561. The van der Waals surface area contributed by atoms with E-state index in [-0.39, 0.29) is 5.91 Å². The van der Waals surface area contributed by atoms with Crippen LogP contribution in [0, 0.1) is 0 Å². The van der Waals surface area contributed by atoms with Crippen molar-refractivity contribution in [3.63, 3.8) is 0 Å². The van der Waals surface area contributed by atoms with Crippen LogP contribution < -0.4 is 14.2 Å². The summed E-state index contributed by atoms with van der Waals surface area (Å²) in [5.74, 6) is 1.79. The molecule has 1 amide bonds. The molecule has 0 bridgehead atoms. The van der Waals surface area contributed by atoms with Crippen molar-refractivity contribution in [3.8, 4) is 17.2 Å². The number of halogens is 1. The summed E-state index contributed by atoms with van der Waals surface area (Å²) < 4.78 is 16.7. The monoisotopic (exact) mass is 383 g/mol. The van der Waals surface area contributed by atoms with E-state index in [1.165, 1.54) is 11.3 Å². The van der Waals surface area contributed by atoms with E-state index in [0.717, 1.165) is 14.8 Å². The number of hydrogen-bond acceptors (Lipinski definition) is 5. The SMILES string of the molecule is COc1cc(CCC(=O)N(C)Cc2ccc(Cl)s2)cc(OC)c1OC. The fourth-order valence-electron chi connectivity index (χ4n) is 2.48. The summed E-state index contributed by atoms with van der Waals surface area (Å²) in [6.07, 6.45) is 0.985. The number of hydrogen-bond donors (Lipinski definition) is 0. The van der Waals surface area contributed by atoms with E-state index in [9.17, 15) is 4.79 Å². The number of methoxy groups -OCH3 is 3. The Morgan fingerprint density at radius 1 is 1.12 bits per heavy atom. The number of benzene rings is 1. The van der Waals surface area contributed by atoms with Gasteiger partial charge in [0.2, 0.25) is 11.7 Å². The molecular formula is C18H22ClNO4S. The second-order valence-electron chi connectivity index (χ2n) is 5.49. The lowest BCUT2D eigenvalue weighted by atomic mass is 10.1. The molecule has 0 N–H and O–H groups in total. The van der Waals surface area contributed by atoms with E-state index in [1.54, 1.807) is 33.3 Å². The van der Waals surface area contributed by atoms with Crippen LogP contribution in [-0.2, 0) is 17.8 Å². The molecule has 0 aliphatic carbocycles. The van der Waals surface area contributed by atoms with Gasteiger partial charge in [0.15, 0.2) is 11.5 Å². The normalized spacial score (nSPS) is 10.4. The molecule has 5 nitrogen and oxygen atoms in total. The van der Waals surface area contributed by atoms with Crippen LogP contribution in [0.1, 0.15) is 16.9 Å². The van der Waals surface area contributed by atoms with Gasteiger partial charge in [-0.15, -0.1) is 11.3 Å². The van der Waals surface area contributed by atoms with Crippen LogP contribution >= 0.6 is 22.9 Å². The Hall–Kier alpha value is -1.92. The molecule has 0 fully saturated rings. The number of rotatable bonds is 8. The maximum atomic E-state index is 12.4. The molecule has 0 aliphatic rings. The Labute approximate surface area is 157 Å². The highest BCUT2D eigenvalue weighted by molar-refractivity contribution is 7.16. The van der Waals surface area contributed by atoms with Crippen LogP contribution in [0.4, 0.5) is 0 Å². The van der Waals surface area contributed by atoms with Crippen LogP contribution in [-0.4, -0.2) is 39.2 Å². The fraction of sp³-hybridized carbons (Fsp3) is 0.389. The fourth-order valence-corrected chi connectivity index (χ4v) is 3.62. The van der Waals surface area contributed by atoms with Crippen LogP contribution in [0.25, 0.3) is 0 Å². The molecule has 1 aromatic heterocycles. The molecular weight excluding hydrogens is 362 g/mol.